The van der Waals surface area contributed by atoms with E-state index in [1.807, 2.05) is 32.9 Å². The Labute approximate surface area is 99.1 Å². The van der Waals surface area contributed by atoms with Crippen LogP contribution in [0.2, 0.25) is 0 Å². The summed E-state index contributed by atoms with van der Waals surface area (Å²) in [6, 6.07) is 3.80. The fourth-order valence-electron chi connectivity index (χ4n) is 1.83. The number of fused-ring (bicyclic) bond motifs is 1. The van der Waals surface area contributed by atoms with Crippen molar-refractivity contribution in [1.29, 1.82) is 0 Å². The molecule has 0 aromatic carbocycles. The second-order valence-electron chi connectivity index (χ2n) is 4.54. The Morgan fingerprint density at radius 2 is 2.18 bits per heavy atom. The van der Waals surface area contributed by atoms with Crippen molar-refractivity contribution in [3.63, 3.8) is 0 Å². The number of pyridine rings is 1. The van der Waals surface area contributed by atoms with Crippen molar-refractivity contribution in [3.05, 3.63) is 29.7 Å². The number of carbonyl (C=O) groups is 1. The summed E-state index contributed by atoms with van der Waals surface area (Å²) < 4.78 is 1.61. The van der Waals surface area contributed by atoms with E-state index in [2.05, 4.69) is 10.1 Å². The maximum Gasteiger partial charge on any atom is 0.314 e. The molecule has 0 aliphatic rings. The smallest absolute Gasteiger partial charge is 0.314 e. The molecule has 0 saturated carbocycles. The first-order chi connectivity index (χ1) is 7.99. The molecule has 0 spiro atoms. The lowest BCUT2D eigenvalue weighted by Crippen LogP contribution is -2.19. The molecule has 0 bridgehead atoms. The maximum absolute atomic E-state index is 11.2. The Bertz CT molecular complexity index is 560. The molecule has 5 heteroatoms. The average Bonchev–Trinajstić information content (AvgIpc) is 2.58. The van der Waals surface area contributed by atoms with Crippen molar-refractivity contribution in [2.75, 3.05) is 0 Å². The summed E-state index contributed by atoms with van der Waals surface area (Å²) in [6.45, 7) is 5.68. The summed E-state index contributed by atoms with van der Waals surface area (Å²) in [5.41, 5.74) is 1.76. The standard InChI is InChI=1S/C12H15N3O2/c1-7(2)10(12(16)17)11-13-9-6-8(3)4-5-15(9)14-11/h4-7,10H,1-3H3,(H,16,17). The summed E-state index contributed by atoms with van der Waals surface area (Å²) in [7, 11) is 0. The zero-order chi connectivity index (χ0) is 12.6. The number of carboxylic acid groups (broad SMARTS) is 1. The van der Waals surface area contributed by atoms with Crippen LogP contribution in [0.3, 0.4) is 0 Å². The third-order valence-electron chi connectivity index (χ3n) is 2.72. The molecule has 0 aliphatic carbocycles. The first kappa shape index (κ1) is 11.6. The predicted molar refractivity (Wildman–Crippen MR) is 62.9 cm³/mol. The van der Waals surface area contributed by atoms with Crippen LogP contribution in [0.1, 0.15) is 31.2 Å². The van der Waals surface area contributed by atoms with Crippen molar-refractivity contribution in [3.8, 4) is 0 Å². The normalized spacial score (nSPS) is 13.2. The Kier molecular flexibility index (Phi) is 2.83. The second kappa shape index (κ2) is 4.16. The number of rotatable bonds is 3. The molecule has 2 aromatic heterocycles. The lowest BCUT2D eigenvalue weighted by Gasteiger charge is -2.11. The van der Waals surface area contributed by atoms with Gasteiger partial charge in [0.25, 0.3) is 0 Å². The van der Waals surface area contributed by atoms with Crippen LogP contribution in [-0.2, 0) is 4.79 Å². The highest BCUT2D eigenvalue weighted by Gasteiger charge is 2.27. The highest BCUT2D eigenvalue weighted by Crippen LogP contribution is 2.22. The van der Waals surface area contributed by atoms with Gasteiger partial charge in [-0.1, -0.05) is 13.8 Å². The molecular formula is C12H15N3O2. The van der Waals surface area contributed by atoms with Gasteiger partial charge in [-0.2, -0.15) is 5.10 Å². The summed E-state index contributed by atoms with van der Waals surface area (Å²) in [5, 5.41) is 13.4. The van der Waals surface area contributed by atoms with Crippen LogP contribution in [0.25, 0.3) is 5.65 Å². The largest absolute Gasteiger partial charge is 0.481 e. The molecule has 1 atom stereocenters. The minimum absolute atomic E-state index is 0.0361. The lowest BCUT2D eigenvalue weighted by atomic mass is 9.95. The zero-order valence-electron chi connectivity index (χ0n) is 10.1. The molecule has 1 unspecified atom stereocenters. The molecule has 5 nitrogen and oxygen atoms in total. The van der Waals surface area contributed by atoms with Gasteiger partial charge in [0.2, 0.25) is 0 Å². The van der Waals surface area contributed by atoms with E-state index in [-0.39, 0.29) is 5.92 Å². The Balaban J connectivity index is 2.51. The van der Waals surface area contributed by atoms with E-state index >= 15 is 0 Å². The number of nitrogens with zero attached hydrogens (tertiary/aromatic N) is 3. The minimum atomic E-state index is -0.882. The van der Waals surface area contributed by atoms with Gasteiger partial charge in [-0.15, -0.1) is 0 Å². The number of carboxylic acids is 1. The van der Waals surface area contributed by atoms with E-state index in [1.165, 1.54) is 0 Å². The summed E-state index contributed by atoms with van der Waals surface area (Å²) in [5.74, 6) is -1.20. The zero-order valence-corrected chi connectivity index (χ0v) is 10.1. The molecular weight excluding hydrogens is 218 g/mol. The van der Waals surface area contributed by atoms with E-state index in [9.17, 15) is 9.90 Å². The van der Waals surface area contributed by atoms with Gasteiger partial charge in [-0.05, 0) is 30.5 Å². The summed E-state index contributed by atoms with van der Waals surface area (Å²) >= 11 is 0. The topological polar surface area (TPSA) is 67.5 Å². The molecule has 90 valence electrons. The number of hydrogen-bond acceptors (Lipinski definition) is 3. The van der Waals surface area contributed by atoms with Gasteiger partial charge in [0.05, 0.1) is 0 Å². The molecule has 1 N–H and O–H groups in total. The number of hydrogen-bond donors (Lipinski definition) is 1. The first-order valence-corrected chi connectivity index (χ1v) is 5.55. The summed E-state index contributed by atoms with van der Waals surface area (Å²) in [4.78, 5) is 15.5. The van der Waals surface area contributed by atoms with Crippen molar-refractivity contribution in [1.82, 2.24) is 14.6 Å². The Morgan fingerprint density at radius 3 is 2.76 bits per heavy atom. The molecule has 0 saturated heterocycles. The van der Waals surface area contributed by atoms with Crippen LogP contribution in [0, 0.1) is 12.8 Å². The first-order valence-electron chi connectivity index (χ1n) is 5.55. The third-order valence-corrected chi connectivity index (χ3v) is 2.72. The Morgan fingerprint density at radius 1 is 1.47 bits per heavy atom. The van der Waals surface area contributed by atoms with Crippen LogP contribution in [0.4, 0.5) is 0 Å². The molecule has 0 aliphatic heterocycles. The lowest BCUT2D eigenvalue weighted by molar-refractivity contribution is -0.140. The molecule has 0 fully saturated rings. The van der Waals surface area contributed by atoms with Gasteiger partial charge >= 0.3 is 5.97 Å². The van der Waals surface area contributed by atoms with Gasteiger partial charge < -0.3 is 5.11 Å². The summed E-state index contributed by atoms with van der Waals surface area (Å²) in [6.07, 6.45) is 1.79. The van der Waals surface area contributed by atoms with Crippen molar-refractivity contribution >= 4 is 11.6 Å². The van der Waals surface area contributed by atoms with Crippen LogP contribution < -0.4 is 0 Å². The highest BCUT2D eigenvalue weighted by molar-refractivity contribution is 5.75. The average molecular weight is 233 g/mol. The van der Waals surface area contributed by atoms with Crippen molar-refractivity contribution in [2.24, 2.45) is 5.92 Å². The van der Waals surface area contributed by atoms with Gasteiger partial charge in [0.1, 0.15) is 5.92 Å². The molecule has 0 radical (unpaired) electrons. The van der Waals surface area contributed by atoms with Gasteiger partial charge in [0.15, 0.2) is 11.5 Å². The number of aryl methyl sites for hydroxylation is 1. The second-order valence-corrected chi connectivity index (χ2v) is 4.54. The van der Waals surface area contributed by atoms with E-state index in [0.29, 0.717) is 11.5 Å². The quantitative estimate of drug-likeness (QED) is 0.878. The van der Waals surface area contributed by atoms with Crippen LogP contribution in [-0.4, -0.2) is 25.7 Å². The van der Waals surface area contributed by atoms with Crippen LogP contribution >= 0.6 is 0 Å². The van der Waals surface area contributed by atoms with Gasteiger partial charge in [0, 0.05) is 6.20 Å². The van der Waals surface area contributed by atoms with E-state index < -0.39 is 11.9 Å². The number of aliphatic carboxylic acids is 1. The van der Waals surface area contributed by atoms with E-state index in [4.69, 9.17) is 0 Å². The molecule has 0 amide bonds. The highest BCUT2D eigenvalue weighted by atomic mass is 16.4. The molecule has 17 heavy (non-hydrogen) atoms. The number of aromatic nitrogens is 3. The van der Waals surface area contributed by atoms with Gasteiger partial charge in [-0.3, -0.25) is 4.79 Å². The van der Waals surface area contributed by atoms with Gasteiger partial charge in [-0.25, -0.2) is 9.50 Å². The molecule has 2 rings (SSSR count). The molecule has 2 aromatic rings. The Hall–Kier alpha value is -1.91. The van der Waals surface area contributed by atoms with Crippen LogP contribution in [0.15, 0.2) is 18.3 Å². The molecule has 2 heterocycles. The SMILES string of the molecule is Cc1ccn2nc(C(C(=O)O)C(C)C)nc2c1. The fourth-order valence-corrected chi connectivity index (χ4v) is 1.83. The third kappa shape index (κ3) is 2.13. The predicted octanol–water partition coefficient (Wildman–Crippen LogP) is 1.86. The van der Waals surface area contributed by atoms with E-state index in [0.717, 1.165) is 5.56 Å². The van der Waals surface area contributed by atoms with Crippen molar-refractivity contribution < 1.29 is 9.90 Å². The maximum atomic E-state index is 11.2. The minimum Gasteiger partial charge on any atom is -0.481 e. The van der Waals surface area contributed by atoms with E-state index in [1.54, 1.807) is 10.7 Å². The fraction of sp³-hybridized carbons (Fsp3) is 0.417. The van der Waals surface area contributed by atoms with Crippen LogP contribution in [0.5, 0.6) is 0 Å². The van der Waals surface area contributed by atoms with Crippen molar-refractivity contribution in [2.45, 2.75) is 26.7 Å². The monoisotopic (exact) mass is 233 g/mol.